The molecule has 0 radical (unpaired) electrons. The molecule has 2 N–H and O–H groups in total. The van der Waals surface area contributed by atoms with Gasteiger partial charge in [-0.3, -0.25) is 9.59 Å². The second kappa shape index (κ2) is 6.75. The Bertz CT molecular complexity index is 734. The summed E-state index contributed by atoms with van der Waals surface area (Å²) in [6, 6.07) is 15.0. The standard InChI is InChI=1S/C17H16N2O3S/c1-11(23-13-5-3-2-4-6-13)17(21)18-12-7-8-15-14(9-12)19-16(20)10-22-15/h2-9,11H,10H2,1H3,(H,18,21)(H,19,20). The first kappa shape index (κ1) is 15.4. The van der Waals surface area contributed by atoms with Crippen molar-refractivity contribution in [3.63, 3.8) is 0 Å². The van der Waals surface area contributed by atoms with Gasteiger partial charge in [-0.15, -0.1) is 11.8 Å². The summed E-state index contributed by atoms with van der Waals surface area (Å²) >= 11 is 1.49. The summed E-state index contributed by atoms with van der Waals surface area (Å²) in [6.45, 7) is 1.87. The van der Waals surface area contributed by atoms with Crippen LogP contribution in [0, 0.1) is 0 Å². The van der Waals surface area contributed by atoms with E-state index in [1.165, 1.54) is 11.8 Å². The van der Waals surface area contributed by atoms with E-state index in [0.717, 1.165) is 4.90 Å². The molecule has 0 saturated carbocycles. The van der Waals surface area contributed by atoms with Crippen molar-refractivity contribution in [3.8, 4) is 5.75 Å². The van der Waals surface area contributed by atoms with Crippen molar-refractivity contribution in [2.45, 2.75) is 17.1 Å². The van der Waals surface area contributed by atoms with Gasteiger partial charge in [0.05, 0.1) is 10.9 Å². The first-order valence-electron chi connectivity index (χ1n) is 7.21. The fraction of sp³-hybridized carbons (Fsp3) is 0.176. The number of nitrogens with one attached hydrogen (secondary N) is 2. The summed E-state index contributed by atoms with van der Waals surface area (Å²) in [5.41, 5.74) is 1.20. The lowest BCUT2D eigenvalue weighted by atomic mass is 10.2. The number of hydrogen-bond acceptors (Lipinski definition) is 4. The lowest BCUT2D eigenvalue weighted by Crippen LogP contribution is -2.26. The van der Waals surface area contributed by atoms with Gasteiger partial charge in [-0.25, -0.2) is 0 Å². The van der Waals surface area contributed by atoms with E-state index in [0.29, 0.717) is 17.1 Å². The Morgan fingerprint density at radius 1 is 1.26 bits per heavy atom. The number of ether oxygens (including phenoxy) is 1. The summed E-state index contributed by atoms with van der Waals surface area (Å²) < 4.78 is 5.29. The molecule has 3 rings (SSSR count). The number of benzene rings is 2. The lowest BCUT2D eigenvalue weighted by Gasteiger charge is -2.19. The number of rotatable bonds is 4. The zero-order valence-corrected chi connectivity index (χ0v) is 13.4. The van der Waals surface area contributed by atoms with Gasteiger partial charge in [-0.05, 0) is 37.3 Å². The average molecular weight is 328 g/mol. The molecule has 0 saturated heterocycles. The van der Waals surface area contributed by atoms with Crippen molar-refractivity contribution < 1.29 is 14.3 Å². The van der Waals surface area contributed by atoms with E-state index < -0.39 is 0 Å². The molecule has 2 amide bonds. The first-order valence-corrected chi connectivity index (χ1v) is 8.09. The Kier molecular flexibility index (Phi) is 4.52. The van der Waals surface area contributed by atoms with Gasteiger partial charge in [-0.2, -0.15) is 0 Å². The minimum atomic E-state index is -0.237. The van der Waals surface area contributed by atoms with Crippen LogP contribution in [0.25, 0.3) is 0 Å². The molecule has 2 aromatic rings. The zero-order chi connectivity index (χ0) is 16.2. The minimum Gasteiger partial charge on any atom is -0.482 e. The first-order chi connectivity index (χ1) is 11.1. The Morgan fingerprint density at radius 2 is 2.04 bits per heavy atom. The van der Waals surface area contributed by atoms with Crippen molar-refractivity contribution >= 4 is 35.0 Å². The van der Waals surface area contributed by atoms with Crippen molar-refractivity contribution in [3.05, 3.63) is 48.5 Å². The van der Waals surface area contributed by atoms with E-state index in [9.17, 15) is 9.59 Å². The van der Waals surface area contributed by atoms with Crippen LogP contribution in [0.3, 0.4) is 0 Å². The highest BCUT2D eigenvalue weighted by Crippen LogP contribution is 2.31. The quantitative estimate of drug-likeness (QED) is 0.846. The van der Waals surface area contributed by atoms with Crippen LogP contribution in [0.15, 0.2) is 53.4 Å². The highest BCUT2D eigenvalue weighted by atomic mass is 32.2. The molecule has 0 fully saturated rings. The number of amides is 2. The molecule has 1 atom stereocenters. The third-order valence-electron chi connectivity index (χ3n) is 3.31. The molecule has 2 aromatic carbocycles. The van der Waals surface area contributed by atoms with Crippen molar-refractivity contribution in [1.82, 2.24) is 0 Å². The average Bonchev–Trinajstić information content (AvgIpc) is 2.55. The van der Waals surface area contributed by atoms with Gasteiger partial charge in [0.2, 0.25) is 5.91 Å². The maximum Gasteiger partial charge on any atom is 0.262 e. The molecule has 0 aliphatic carbocycles. The highest BCUT2D eigenvalue weighted by molar-refractivity contribution is 8.00. The van der Waals surface area contributed by atoms with Gasteiger partial charge in [0.15, 0.2) is 6.61 Å². The number of hydrogen-bond donors (Lipinski definition) is 2. The Balaban J connectivity index is 1.65. The molecule has 23 heavy (non-hydrogen) atoms. The fourth-order valence-electron chi connectivity index (χ4n) is 2.16. The predicted octanol–water partition coefficient (Wildman–Crippen LogP) is 3.14. The van der Waals surface area contributed by atoms with Crippen LogP contribution in [-0.2, 0) is 9.59 Å². The molecule has 6 heteroatoms. The van der Waals surface area contributed by atoms with Crippen LogP contribution >= 0.6 is 11.8 Å². The Morgan fingerprint density at radius 3 is 2.83 bits per heavy atom. The van der Waals surface area contributed by atoms with Crippen LogP contribution in [0.2, 0.25) is 0 Å². The molecule has 5 nitrogen and oxygen atoms in total. The molecule has 1 aliphatic heterocycles. The molecule has 118 valence electrons. The summed E-state index contributed by atoms with van der Waals surface area (Å²) in [7, 11) is 0. The predicted molar refractivity (Wildman–Crippen MR) is 91.0 cm³/mol. The SMILES string of the molecule is CC(Sc1ccccc1)C(=O)Nc1ccc2c(c1)NC(=O)CO2. The fourth-order valence-corrected chi connectivity index (χ4v) is 3.05. The molecular weight excluding hydrogens is 312 g/mol. The van der Waals surface area contributed by atoms with Gasteiger partial charge in [0.25, 0.3) is 5.91 Å². The smallest absolute Gasteiger partial charge is 0.262 e. The largest absolute Gasteiger partial charge is 0.482 e. The number of carbonyl (C=O) groups is 2. The van der Waals surface area contributed by atoms with Crippen LogP contribution in [0.4, 0.5) is 11.4 Å². The van der Waals surface area contributed by atoms with E-state index in [1.54, 1.807) is 18.2 Å². The van der Waals surface area contributed by atoms with Crippen LogP contribution in [0.1, 0.15) is 6.92 Å². The molecular formula is C17H16N2O3S. The van der Waals surface area contributed by atoms with Gasteiger partial charge >= 0.3 is 0 Å². The third-order valence-corrected chi connectivity index (χ3v) is 4.42. The molecule has 0 spiro atoms. The molecule has 0 aromatic heterocycles. The maximum atomic E-state index is 12.3. The summed E-state index contributed by atoms with van der Waals surface area (Å²) in [6.07, 6.45) is 0. The lowest BCUT2D eigenvalue weighted by molar-refractivity contribution is -0.118. The van der Waals surface area contributed by atoms with Gasteiger partial charge in [0, 0.05) is 10.6 Å². The molecule has 1 unspecified atom stereocenters. The number of thioether (sulfide) groups is 1. The van der Waals surface area contributed by atoms with E-state index >= 15 is 0 Å². The molecule has 1 heterocycles. The number of carbonyl (C=O) groups excluding carboxylic acids is 2. The third kappa shape index (κ3) is 3.84. The monoisotopic (exact) mass is 328 g/mol. The Labute approximate surface area is 138 Å². The van der Waals surface area contributed by atoms with Gasteiger partial charge < -0.3 is 15.4 Å². The number of fused-ring (bicyclic) bond motifs is 1. The summed E-state index contributed by atoms with van der Waals surface area (Å²) in [4.78, 5) is 24.7. The second-order valence-corrected chi connectivity index (χ2v) is 6.52. The maximum absolute atomic E-state index is 12.3. The summed E-state index contributed by atoms with van der Waals surface area (Å²) in [5.74, 6) is 0.310. The van der Waals surface area contributed by atoms with Crippen LogP contribution < -0.4 is 15.4 Å². The van der Waals surface area contributed by atoms with Crippen LogP contribution in [-0.4, -0.2) is 23.7 Å². The minimum absolute atomic E-state index is 0.0173. The normalized spacial score (nSPS) is 14.2. The van der Waals surface area contributed by atoms with Gasteiger partial charge in [0.1, 0.15) is 5.75 Å². The molecule has 0 bridgehead atoms. The van der Waals surface area contributed by atoms with E-state index in [-0.39, 0.29) is 23.7 Å². The highest BCUT2D eigenvalue weighted by Gasteiger charge is 2.18. The Hall–Kier alpha value is -2.47. The van der Waals surface area contributed by atoms with E-state index in [4.69, 9.17) is 4.74 Å². The van der Waals surface area contributed by atoms with Gasteiger partial charge in [-0.1, -0.05) is 18.2 Å². The molecule has 1 aliphatic rings. The van der Waals surface area contributed by atoms with E-state index in [1.807, 2.05) is 37.3 Å². The summed E-state index contributed by atoms with van der Waals surface area (Å²) in [5, 5.41) is 5.35. The number of anilines is 2. The zero-order valence-electron chi connectivity index (χ0n) is 12.5. The van der Waals surface area contributed by atoms with Crippen LogP contribution in [0.5, 0.6) is 5.75 Å². The second-order valence-electron chi connectivity index (χ2n) is 5.11. The van der Waals surface area contributed by atoms with Crippen molar-refractivity contribution in [2.24, 2.45) is 0 Å². The van der Waals surface area contributed by atoms with Crippen molar-refractivity contribution in [1.29, 1.82) is 0 Å². The topological polar surface area (TPSA) is 67.4 Å². The van der Waals surface area contributed by atoms with E-state index in [2.05, 4.69) is 10.6 Å². The van der Waals surface area contributed by atoms with Crippen molar-refractivity contribution in [2.75, 3.05) is 17.2 Å².